The van der Waals surface area contributed by atoms with Crippen LogP contribution in [0, 0.1) is 0 Å². The van der Waals surface area contributed by atoms with E-state index in [-0.39, 0.29) is 11.1 Å². The van der Waals surface area contributed by atoms with Crippen molar-refractivity contribution >= 4 is 22.8 Å². The van der Waals surface area contributed by atoms with Gasteiger partial charge in [0.1, 0.15) is 0 Å². The SMILES string of the molecule is CCCCOC(=O)c1ccccc1SC(C)=O. The lowest BCUT2D eigenvalue weighted by molar-refractivity contribution is -0.109. The van der Waals surface area contributed by atoms with Crippen LogP contribution >= 0.6 is 11.8 Å². The average molecular weight is 252 g/mol. The third-order valence-corrected chi connectivity index (χ3v) is 2.96. The van der Waals surface area contributed by atoms with Gasteiger partial charge in [0.2, 0.25) is 0 Å². The monoisotopic (exact) mass is 252 g/mol. The highest BCUT2D eigenvalue weighted by Gasteiger charge is 2.13. The van der Waals surface area contributed by atoms with Crippen LogP contribution in [0.3, 0.4) is 0 Å². The lowest BCUT2D eigenvalue weighted by Crippen LogP contribution is -2.07. The maximum absolute atomic E-state index is 11.8. The Morgan fingerprint density at radius 2 is 2.00 bits per heavy atom. The van der Waals surface area contributed by atoms with Gasteiger partial charge in [-0.25, -0.2) is 4.79 Å². The first-order valence-electron chi connectivity index (χ1n) is 5.59. The summed E-state index contributed by atoms with van der Waals surface area (Å²) in [6.07, 6.45) is 1.84. The van der Waals surface area contributed by atoms with Crippen molar-refractivity contribution in [2.75, 3.05) is 6.61 Å². The summed E-state index contributed by atoms with van der Waals surface area (Å²) in [6.45, 7) is 3.94. The smallest absolute Gasteiger partial charge is 0.339 e. The molecular formula is C13H16O3S. The molecular weight excluding hydrogens is 236 g/mol. The molecule has 3 nitrogen and oxygen atoms in total. The van der Waals surface area contributed by atoms with Crippen LogP contribution in [0.1, 0.15) is 37.0 Å². The van der Waals surface area contributed by atoms with Crippen LogP contribution in [-0.2, 0) is 9.53 Å². The molecule has 0 spiro atoms. The van der Waals surface area contributed by atoms with E-state index in [0.29, 0.717) is 17.1 Å². The van der Waals surface area contributed by atoms with Crippen LogP contribution in [0.15, 0.2) is 29.2 Å². The number of benzene rings is 1. The zero-order valence-corrected chi connectivity index (χ0v) is 10.9. The van der Waals surface area contributed by atoms with E-state index in [2.05, 4.69) is 0 Å². The van der Waals surface area contributed by atoms with E-state index in [1.165, 1.54) is 6.92 Å². The Morgan fingerprint density at radius 1 is 1.29 bits per heavy atom. The van der Waals surface area contributed by atoms with Gasteiger partial charge in [0, 0.05) is 11.8 Å². The van der Waals surface area contributed by atoms with Gasteiger partial charge in [0.15, 0.2) is 5.12 Å². The molecule has 4 heteroatoms. The van der Waals surface area contributed by atoms with Crippen molar-refractivity contribution in [1.29, 1.82) is 0 Å². The molecule has 0 saturated heterocycles. The van der Waals surface area contributed by atoms with Crippen molar-refractivity contribution in [2.24, 2.45) is 0 Å². The average Bonchev–Trinajstić information content (AvgIpc) is 2.29. The number of hydrogen-bond donors (Lipinski definition) is 0. The van der Waals surface area contributed by atoms with Crippen molar-refractivity contribution in [2.45, 2.75) is 31.6 Å². The van der Waals surface area contributed by atoms with Gasteiger partial charge >= 0.3 is 5.97 Å². The third-order valence-electron chi connectivity index (χ3n) is 2.09. The first-order valence-corrected chi connectivity index (χ1v) is 6.41. The Bertz CT molecular complexity index is 401. The fourth-order valence-electron chi connectivity index (χ4n) is 1.27. The Hall–Kier alpha value is -1.29. The summed E-state index contributed by atoms with van der Waals surface area (Å²) in [5.41, 5.74) is 0.462. The van der Waals surface area contributed by atoms with E-state index < -0.39 is 0 Å². The summed E-state index contributed by atoms with van der Waals surface area (Å²) in [5.74, 6) is -0.359. The Kier molecular flexibility index (Phi) is 5.77. The predicted molar refractivity (Wildman–Crippen MR) is 68.2 cm³/mol. The first kappa shape index (κ1) is 13.8. The number of carbonyl (C=O) groups is 2. The van der Waals surface area contributed by atoms with E-state index in [1.54, 1.807) is 24.3 Å². The van der Waals surface area contributed by atoms with E-state index in [0.717, 1.165) is 24.6 Å². The molecule has 0 aliphatic heterocycles. The minimum Gasteiger partial charge on any atom is -0.462 e. The molecule has 92 valence electrons. The van der Waals surface area contributed by atoms with Crippen LogP contribution in [0.4, 0.5) is 0 Å². The summed E-state index contributed by atoms with van der Waals surface area (Å²) in [4.78, 5) is 23.5. The van der Waals surface area contributed by atoms with Crippen LogP contribution in [0.5, 0.6) is 0 Å². The molecule has 0 aliphatic rings. The Labute approximate surface area is 106 Å². The molecule has 1 aromatic carbocycles. The maximum atomic E-state index is 11.8. The molecule has 1 rings (SSSR count). The molecule has 0 radical (unpaired) electrons. The number of hydrogen-bond acceptors (Lipinski definition) is 4. The van der Waals surface area contributed by atoms with Gasteiger partial charge in [0.05, 0.1) is 12.2 Å². The quantitative estimate of drug-likeness (QED) is 0.458. The molecule has 17 heavy (non-hydrogen) atoms. The lowest BCUT2D eigenvalue weighted by atomic mass is 10.2. The van der Waals surface area contributed by atoms with Gasteiger partial charge in [-0.05, 0) is 18.6 Å². The van der Waals surface area contributed by atoms with Gasteiger partial charge in [-0.3, -0.25) is 4.79 Å². The number of thioether (sulfide) groups is 1. The standard InChI is InChI=1S/C13H16O3S/c1-3-4-9-16-13(15)11-7-5-6-8-12(11)17-10(2)14/h5-8H,3-4,9H2,1-2H3. The molecule has 1 aromatic rings. The number of rotatable bonds is 5. The molecule has 0 unspecified atom stereocenters. The minimum absolute atomic E-state index is 0.0428. The zero-order chi connectivity index (χ0) is 12.7. The highest BCUT2D eigenvalue weighted by Crippen LogP contribution is 2.23. The van der Waals surface area contributed by atoms with Crippen LogP contribution < -0.4 is 0 Å². The summed E-state index contributed by atoms with van der Waals surface area (Å²) in [5, 5.41) is -0.0428. The lowest BCUT2D eigenvalue weighted by Gasteiger charge is -2.07. The first-order chi connectivity index (χ1) is 8.15. The highest BCUT2D eigenvalue weighted by atomic mass is 32.2. The van der Waals surface area contributed by atoms with Crippen molar-refractivity contribution in [3.05, 3.63) is 29.8 Å². The van der Waals surface area contributed by atoms with Gasteiger partial charge in [-0.15, -0.1) is 0 Å². The van der Waals surface area contributed by atoms with Crippen molar-refractivity contribution in [3.63, 3.8) is 0 Å². The van der Waals surface area contributed by atoms with Crippen molar-refractivity contribution < 1.29 is 14.3 Å². The van der Waals surface area contributed by atoms with E-state index in [4.69, 9.17) is 4.74 Å². The molecule has 0 heterocycles. The molecule has 0 amide bonds. The second-order valence-corrected chi connectivity index (χ2v) is 4.80. The molecule has 0 bridgehead atoms. The molecule has 0 atom stereocenters. The highest BCUT2D eigenvalue weighted by molar-refractivity contribution is 8.13. The molecule has 0 aliphatic carbocycles. The van der Waals surface area contributed by atoms with Gasteiger partial charge < -0.3 is 4.74 Å². The van der Waals surface area contributed by atoms with Gasteiger partial charge in [-0.2, -0.15) is 0 Å². The zero-order valence-electron chi connectivity index (χ0n) is 10.1. The second kappa shape index (κ2) is 7.12. The number of ether oxygens (including phenoxy) is 1. The number of carbonyl (C=O) groups excluding carboxylic acids is 2. The van der Waals surface area contributed by atoms with E-state index >= 15 is 0 Å². The maximum Gasteiger partial charge on any atom is 0.339 e. The molecule has 0 fully saturated rings. The summed E-state index contributed by atoms with van der Waals surface area (Å²) in [6, 6.07) is 7.00. The topological polar surface area (TPSA) is 43.4 Å². The largest absolute Gasteiger partial charge is 0.462 e. The van der Waals surface area contributed by atoms with Crippen LogP contribution in [0.25, 0.3) is 0 Å². The van der Waals surface area contributed by atoms with Crippen molar-refractivity contribution in [3.8, 4) is 0 Å². The summed E-state index contributed by atoms with van der Waals surface area (Å²) < 4.78 is 5.13. The normalized spacial score (nSPS) is 10.0. The van der Waals surface area contributed by atoms with Gasteiger partial charge in [0.25, 0.3) is 0 Å². The fourth-order valence-corrected chi connectivity index (χ4v) is 1.98. The van der Waals surface area contributed by atoms with Crippen LogP contribution in [-0.4, -0.2) is 17.7 Å². The predicted octanol–water partition coefficient (Wildman–Crippen LogP) is 3.28. The Balaban J connectivity index is 2.74. The minimum atomic E-state index is -0.359. The van der Waals surface area contributed by atoms with Crippen molar-refractivity contribution in [1.82, 2.24) is 0 Å². The second-order valence-electron chi connectivity index (χ2n) is 3.58. The van der Waals surface area contributed by atoms with Crippen LogP contribution in [0.2, 0.25) is 0 Å². The van der Waals surface area contributed by atoms with Gasteiger partial charge in [-0.1, -0.05) is 37.2 Å². The fraction of sp³-hybridized carbons (Fsp3) is 0.385. The Morgan fingerprint density at radius 3 is 2.65 bits per heavy atom. The summed E-state index contributed by atoms with van der Waals surface area (Å²) in [7, 11) is 0. The van der Waals surface area contributed by atoms with E-state index in [1.807, 2.05) is 6.92 Å². The van der Waals surface area contributed by atoms with E-state index in [9.17, 15) is 9.59 Å². The third kappa shape index (κ3) is 4.61. The number of unbranched alkanes of at least 4 members (excludes halogenated alkanes) is 1. The molecule has 0 aromatic heterocycles. The molecule has 0 saturated carbocycles. The summed E-state index contributed by atoms with van der Waals surface area (Å²) >= 11 is 1.05. The molecule has 0 N–H and O–H groups in total. The number of esters is 1.